The van der Waals surface area contributed by atoms with Gasteiger partial charge in [-0.25, -0.2) is 0 Å². The van der Waals surface area contributed by atoms with E-state index >= 15 is 0 Å². The third kappa shape index (κ3) is 3.65. The molecule has 1 saturated heterocycles. The Hall–Kier alpha value is -0.0800. The second kappa shape index (κ2) is 3.97. The van der Waals surface area contributed by atoms with Crippen LogP contribution in [0, 0.1) is 5.92 Å². The van der Waals surface area contributed by atoms with Gasteiger partial charge in [-0.3, -0.25) is 0 Å². The average molecular weight is 185 g/mol. The molecule has 0 aromatic carbocycles. The summed E-state index contributed by atoms with van der Waals surface area (Å²) in [7, 11) is 2.19. The van der Waals surface area contributed by atoms with Crippen LogP contribution >= 0.6 is 0 Å². The van der Waals surface area contributed by atoms with Crippen LogP contribution in [0.1, 0.15) is 34.1 Å². The first-order chi connectivity index (χ1) is 5.88. The van der Waals surface area contributed by atoms with Crippen LogP contribution in [-0.2, 0) is 4.74 Å². The summed E-state index contributed by atoms with van der Waals surface area (Å²) in [5.74, 6) is 0.832. The van der Waals surface area contributed by atoms with Gasteiger partial charge in [-0.05, 0) is 40.2 Å². The highest BCUT2D eigenvalue weighted by Gasteiger charge is 2.27. The highest BCUT2D eigenvalue weighted by molar-refractivity contribution is 4.81. The lowest BCUT2D eigenvalue weighted by molar-refractivity contribution is -0.0252. The highest BCUT2D eigenvalue weighted by Crippen LogP contribution is 2.22. The molecular formula is C11H23NO. The van der Waals surface area contributed by atoms with E-state index in [1.165, 1.54) is 13.0 Å². The Kier molecular flexibility index (Phi) is 3.36. The summed E-state index contributed by atoms with van der Waals surface area (Å²) in [5, 5.41) is 0. The Morgan fingerprint density at radius 1 is 1.38 bits per heavy atom. The van der Waals surface area contributed by atoms with Crippen LogP contribution in [0.3, 0.4) is 0 Å². The fourth-order valence-corrected chi connectivity index (χ4v) is 1.90. The molecule has 0 spiro atoms. The fraction of sp³-hybridized carbons (Fsp3) is 1.00. The van der Waals surface area contributed by atoms with Gasteiger partial charge in [0.05, 0.1) is 12.2 Å². The van der Waals surface area contributed by atoms with E-state index in [-0.39, 0.29) is 5.60 Å². The van der Waals surface area contributed by atoms with Crippen molar-refractivity contribution in [2.75, 3.05) is 20.2 Å². The van der Waals surface area contributed by atoms with Crippen molar-refractivity contribution < 1.29 is 4.74 Å². The number of likely N-dealkylation sites (N-methyl/N-ethyl adjacent to an activating group) is 1. The summed E-state index contributed by atoms with van der Waals surface area (Å²) in [6.45, 7) is 10.8. The summed E-state index contributed by atoms with van der Waals surface area (Å²) in [6, 6.07) is 0.634. The summed E-state index contributed by atoms with van der Waals surface area (Å²) in [4.78, 5) is 2.41. The summed E-state index contributed by atoms with van der Waals surface area (Å²) >= 11 is 0. The molecular weight excluding hydrogens is 162 g/mol. The molecule has 1 aliphatic rings. The van der Waals surface area contributed by atoms with Gasteiger partial charge in [0.2, 0.25) is 0 Å². The largest absolute Gasteiger partial charge is 0.374 e. The Bertz CT molecular complexity index is 162. The molecule has 13 heavy (non-hydrogen) atoms. The lowest BCUT2D eigenvalue weighted by Crippen LogP contribution is -2.33. The maximum atomic E-state index is 5.79. The molecule has 2 nitrogen and oxygen atoms in total. The van der Waals surface area contributed by atoms with Gasteiger partial charge in [-0.2, -0.15) is 0 Å². The first-order valence-electron chi connectivity index (χ1n) is 5.22. The topological polar surface area (TPSA) is 12.5 Å². The van der Waals surface area contributed by atoms with E-state index < -0.39 is 0 Å². The van der Waals surface area contributed by atoms with E-state index in [0.29, 0.717) is 6.04 Å². The molecule has 1 aliphatic heterocycles. The van der Waals surface area contributed by atoms with Crippen molar-refractivity contribution in [1.29, 1.82) is 0 Å². The van der Waals surface area contributed by atoms with Crippen molar-refractivity contribution in [3.8, 4) is 0 Å². The number of nitrogens with zero attached hydrogens (tertiary/aromatic N) is 1. The van der Waals surface area contributed by atoms with E-state index in [0.717, 1.165) is 12.5 Å². The zero-order chi connectivity index (χ0) is 10.1. The van der Waals surface area contributed by atoms with E-state index in [1.54, 1.807) is 0 Å². The van der Waals surface area contributed by atoms with Crippen molar-refractivity contribution in [3.63, 3.8) is 0 Å². The molecule has 0 unspecified atom stereocenters. The molecule has 0 aromatic heterocycles. The Labute approximate surface area is 82.3 Å². The first kappa shape index (κ1) is 11.0. The van der Waals surface area contributed by atoms with Crippen LogP contribution in [0.25, 0.3) is 0 Å². The molecule has 2 atom stereocenters. The predicted octanol–water partition coefficient (Wildman–Crippen LogP) is 2.14. The molecule has 1 rings (SSSR count). The number of likely N-dealkylation sites (tertiary alicyclic amines) is 1. The number of rotatable bonds is 2. The van der Waals surface area contributed by atoms with Crippen molar-refractivity contribution in [2.45, 2.75) is 45.8 Å². The van der Waals surface area contributed by atoms with Gasteiger partial charge in [0.15, 0.2) is 0 Å². The number of hydrogen-bond donors (Lipinski definition) is 0. The minimum atomic E-state index is 0.00662. The molecule has 1 heterocycles. The minimum absolute atomic E-state index is 0.00662. The Morgan fingerprint density at radius 3 is 2.38 bits per heavy atom. The van der Waals surface area contributed by atoms with Crippen molar-refractivity contribution >= 4 is 0 Å². The van der Waals surface area contributed by atoms with Crippen LogP contribution in [0.15, 0.2) is 0 Å². The maximum absolute atomic E-state index is 5.79. The second-order valence-corrected chi connectivity index (χ2v) is 5.36. The van der Waals surface area contributed by atoms with Crippen molar-refractivity contribution in [2.24, 2.45) is 5.92 Å². The Balaban J connectivity index is 2.30. The summed E-state index contributed by atoms with van der Waals surface area (Å²) < 4.78 is 5.79. The maximum Gasteiger partial charge on any atom is 0.0628 e. The molecule has 2 heteroatoms. The van der Waals surface area contributed by atoms with E-state index in [2.05, 4.69) is 39.6 Å². The van der Waals surface area contributed by atoms with Crippen LogP contribution in [0.2, 0.25) is 0 Å². The summed E-state index contributed by atoms with van der Waals surface area (Å²) in [6.07, 6.45) is 1.28. The van der Waals surface area contributed by atoms with Gasteiger partial charge < -0.3 is 9.64 Å². The molecule has 0 saturated carbocycles. The third-order valence-electron chi connectivity index (χ3n) is 2.61. The zero-order valence-corrected chi connectivity index (χ0v) is 9.63. The first-order valence-corrected chi connectivity index (χ1v) is 5.22. The SMILES string of the molecule is C[C@H]1C[C@H](COC(C)(C)C)N(C)C1. The Morgan fingerprint density at radius 2 is 2.00 bits per heavy atom. The smallest absolute Gasteiger partial charge is 0.0628 e. The zero-order valence-electron chi connectivity index (χ0n) is 9.63. The molecule has 0 radical (unpaired) electrons. The highest BCUT2D eigenvalue weighted by atomic mass is 16.5. The quantitative estimate of drug-likeness (QED) is 0.653. The van der Waals surface area contributed by atoms with Crippen LogP contribution < -0.4 is 0 Å². The molecule has 0 amide bonds. The fourth-order valence-electron chi connectivity index (χ4n) is 1.90. The van der Waals surface area contributed by atoms with Gasteiger partial charge in [0, 0.05) is 12.6 Å². The molecule has 1 fully saturated rings. The molecule has 0 bridgehead atoms. The van der Waals surface area contributed by atoms with Crippen molar-refractivity contribution in [3.05, 3.63) is 0 Å². The molecule has 78 valence electrons. The van der Waals surface area contributed by atoms with Gasteiger partial charge in [-0.1, -0.05) is 6.92 Å². The number of ether oxygens (including phenoxy) is 1. The van der Waals surface area contributed by atoms with E-state index in [4.69, 9.17) is 4.74 Å². The molecule has 0 aromatic rings. The molecule has 0 aliphatic carbocycles. The minimum Gasteiger partial charge on any atom is -0.374 e. The van der Waals surface area contributed by atoms with Crippen molar-refractivity contribution in [1.82, 2.24) is 4.90 Å². The lowest BCUT2D eigenvalue weighted by atomic mass is 10.1. The van der Waals surface area contributed by atoms with Gasteiger partial charge >= 0.3 is 0 Å². The third-order valence-corrected chi connectivity index (χ3v) is 2.61. The molecule has 0 N–H and O–H groups in total. The summed E-state index contributed by atoms with van der Waals surface area (Å²) in [5.41, 5.74) is 0.00662. The van der Waals surface area contributed by atoms with Gasteiger partial charge in [-0.15, -0.1) is 0 Å². The van der Waals surface area contributed by atoms with Gasteiger partial charge in [0.25, 0.3) is 0 Å². The second-order valence-electron chi connectivity index (χ2n) is 5.36. The number of hydrogen-bond acceptors (Lipinski definition) is 2. The van der Waals surface area contributed by atoms with Gasteiger partial charge in [0.1, 0.15) is 0 Å². The standard InChI is InChI=1S/C11H23NO/c1-9-6-10(12(5)7-9)8-13-11(2,3)4/h9-10H,6-8H2,1-5H3/t9-,10+/m0/s1. The van der Waals surface area contributed by atoms with E-state index in [1.807, 2.05) is 0 Å². The van der Waals surface area contributed by atoms with Crippen LogP contribution in [0.5, 0.6) is 0 Å². The lowest BCUT2D eigenvalue weighted by Gasteiger charge is -2.25. The van der Waals surface area contributed by atoms with Crippen LogP contribution in [0.4, 0.5) is 0 Å². The predicted molar refractivity (Wildman–Crippen MR) is 55.9 cm³/mol. The van der Waals surface area contributed by atoms with E-state index in [9.17, 15) is 0 Å². The monoisotopic (exact) mass is 185 g/mol. The van der Waals surface area contributed by atoms with Crippen LogP contribution in [-0.4, -0.2) is 36.7 Å². The average Bonchev–Trinajstić information content (AvgIpc) is 2.24. The normalized spacial score (nSPS) is 31.2.